The van der Waals surface area contributed by atoms with Gasteiger partial charge in [-0.3, -0.25) is 9.89 Å². The number of aliphatic imine (C=N–C) groups is 1. The molecule has 0 aliphatic carbocycles. The Hall–Kier alpha value is -2.40. The van der Waals surface area contributed by atoms with E-state index in [9.17, 15) is 0 Å². The number of benzene rings is 2. The second-order valence-electron chi connectivity index (χ2n) is 6.00. The molecule has 3 rings (SSSR count). The zero-order valence-electron chi connectivity index (χ0n) is 15.2. The van der Waals surface area contributed by atoms with Crippen molar-refractivity contribution in [1.29, 1.82) is 0 Å². The summed E-state index contributed by atoms with van der Waals surface area (Å²) in [7, 11) is 0. The number of anilines is 2. The van der Waals surface area contributed by atoms with Crippen LogP contribution in [0.3, 0.4) is 0 Å². The first-order chi connectivity index (χ1) is 12.1. The molecule has 0 fully saturated rings. The molecular formula is C20H24N4S. The number of nitrogens with zero attached hydrogens (tertiary/aromatic N) is 3. The van der Waals surface area contributed by atoms with Crippen molar-refractivity contribution in [2.24, 2.45) is 4.99 Å². The lowest BCUT2D eigenvalue weighted by Gasteiger charge is -2.23. The third-order valence-corrected chi connectivity index (χ3v) is 4.99. The molecule has 1 heterocycles. The molecule has 0 aliphatic heterocycles. The van der Waals surface area contributed by atoms with Crippen molar-refractivity contribution in [3.8, 4) is 0 Å². The first kappa shape index (κ1) is 17.4. The molecule has 3 aromatic rings. The van der Waals surface area contributed by atoms with E-state index in [0.717, 1.165) is 28.8 Å². The van der Waals surface area contributed by atoms with Crippen molar-refractivity contribution in [3.63, 3.8) is 0 Å². The van der Waals surface area contributed by atoms with Gasteiger partial charge in [-0.15, -0.1) is 0 Å². The number of fused-ring (bicyclic) bond motifs is 1. The normalized spacial score (nSPS) is 11.8. The van der Waals surface area contributed by atoms with Gasteiger partial charge >= 0.3 is 0 Å². The van der Waals surface area contributed by atoms with Crippen molar-refractivity contribution in [1.82, 2.24) is 4.98 Å². The van der Waals surface area contributed by atoms with Crippen LogP contribution < -0.4 is 10.2 Å². The fraction of sp³-hybridized carbons (Fsp3) is 0.300. The van der Waals surface area contributed by atoms with Gasteiger partial charge in [0, 0.05) is 18.8 Å². The molecular weight excluding hydrogens is 328 g/mol. The second-order valence-corrected chi connectivity index (χ2v) is 7.01. The Morgan fingerprint density at radius 3 is 2.48 bits per heavy atom. The summed E-state index contributed by atoms with van der Waals surface area (Å²) >= 11 is 1.71. The molecule has 0 saturated carbocycles. The van der Waals surface area contributed by atoms with Gasteiger partial charge in [0.25, 0.3) is 0 Å². The summed E-state index contributed by atoms with van der Waals surface area (Å²) in [6, 6.07) is 14.7. The topological polar surface area (TPSA) is 40.5 Å². The van der Waals surface area contributed by atoms with Crippen LogP contribution in [0.15, 0.2) is 47.5 Å². The first-order valence-corrected chi connectivity index (χ1v) is 9.45. The Kier molecular flexibility index (Phi) is 5.34. The minimum Gasteiger partial charge on any atom is -0.326 e. The first-order valence-electron chi connectivity index (χ1n) is 8.63. The second kappa shape index (κ2) is 7.66. The largest absolute Gasteiger partial charge is 0.326 e. The van der Waals surface area contributed by atoms with Crippen LogP contribution in [0.4, 0.5) is 10.8 Å². The number of hydrogen-bond acceptors (Lipinski definition) is 3. The molecule has 1 N–H and O–H groups in total. The van der Waals surface area contributed by atoms with E-state index in [-0.39, 0.29) is 0 Å². The van der Waals surface area contributed by atoms with E-state index in [0.29, 0.717) is 6.54 Å². The van der Waals surface area contributed by atoms with Crippen LogP contribution in [0, 0.1) is 13.8 Å². The Balaban J connectivity index is 1.93. The van der Waals surface area contributed by atoms with Crippen LogP contribution in [0.2, 0.25) is 0 Å². The molecule has 130 valence electrons. The van der Waals surface area contributed by atoms with E-state index in [2.05, 4.69) is 78.4 Å². The molecule has 5 heteroatoms. The third kappa shape index (κ3) is 3.99. The summed E-state index contributed by atoms with van der Waals surface area (Å²) in [4.78, 5) is 11.6. The van der Waals surface area contributed by atoms with E-state index in [4.69, 9.17) is 4.98 Å². The van der Waals surface area contributed by atoms with Gasteiger partial charge in [-0.05, 0) is 57.5 Å². The molecule has 0 radical (unpaired) electrons. The summed E-state index contributed by atoms with van der Waals surface area (Å²) < 4.78 is 1.21. The Morgan fingerprint density at radius 2 is 1.80 bits per heavy atom. The van der Waals surface area contributed by atoms with E-state index in [1.165, 1.54) is 15.8 Å². The van der Waals surface area contributed by atoms with Gasteiger partial charge in [-0.1, -0.05) is 35.1 Å². The number of guanidine groups is 1. The van der Waals surface area contributed by atoms with Crippen molar-refractivity contribution >= 4 is 38.3 Å². The summed E-state index contributed by atoms with van der Waals surface area (Å²) in [5.41, 5.74) is 4.57. The number of hydrogen-bond donors (Lipinski definition) is 1. The van der Waals surface area contributed by atoms with Crippen LogP contribution in [0.25, 0.3) is 10.2 Å². The predicted molar refractivity (Wildman–Crippen MR) is 110 cm³/mol. The van der Waals surface area contributed by atoms with Gasteiger partial charge in [-0.25, -0.2) is 4.98 Å². The molecule has 0 amide bonds. The van der Waals surface area contributed by atoms with Crippen LogP contribution in [0.1, 0.15) is 25.0 Å². The molecule has 4 nitrogen and oxygen atoms in total. The number of aryl methyl sites for hydroxylation is 2. The van der Waals surface area contributed by atoms with Crippen molar-refractivity contribution < 1.29 is 0 Å². The molecule has 0 spiro atoms. The lowest BCUT2D eigenvalue weighted by atomic mass is 10.2. The maximum Gasteiger partial charge on any atom is 0.204 e. The predicted octanol–water partition coefficient (Wildman–Crippen LogP) is 5.23. The molecule has 0 bridgehead atoms. The molecule has 0 unspecified atom stereocenters. The molecule has 0 saturated heterocycles. The highest BCUT2D eigenvalue weighted by Gasteiger charge is 2.16. The van der Waals surface area contributed by atoms with Gasteiger partial charge in [-0.2, -0.15) is 0 Å². The minimum absolute atomic E-state index is 0.717. The Morgan fingerprint density at radius 1 is 1.08 bits per heavy atom. The summed E-state index contributed by atoms with van der Waals surface area (Å²) in [6.45, 7) is 9.89. The van der Waals surface area contributed by atoms with Crippen LogP contribution in [0.5, 0.6) is 0 Å². The third-order valence-electron chi connectivity index (χ3n) is 3.95. The highest BCUT2D eigenvalue weighted by molar-refractivity contribution is 7.22. The summed E-state index contributed by atoms with van der Waals surface area (Å²) in [5, 5.41) is 4.42. The average Bonchev–Trinajstić information content (AvgIpc) is 3.00. The van der Waals surface area contributed by atoms with Crippen molar-refractivity contribution in [2.75, 3.05) is 23.3 Å². The maximum atomic E-state index is 4.81. The number of thiazole rings is 1. The van der Waals surface area contributed by atoms with Gasteiger partial charge in [0.2, 0.25) is 5.96 Å². The smallest absolute Gasteiger partial charge is 0.204 e. The quantitative estimate of drug-likeness (QED) is 0.516. The molecule has 0 atom stereocenters. The molecule has 2 aromatic carbocycles. The molecule has 25 heavy (non-hydrogen) atoms. The Bertz CT molecular complexity index is 880. The van der Waals surface area contributed by atoms with E-state index >= 15 is 0 Å². The van der Waals surface area contributed by atoms with Crippen molar-refractivity contribution in [2.45, 2.75) is 27.7 Å². The van der Waals surface area contributed by atoms with Crippen LogP contribution in [-0.2, 0) is 0 Å². The van der Waals surface area contributed by atoms with Gasteiger partial charge in [0.1, 0.15) is 0 Å². The minimum atomic E-state index is 0.717. The fourth-order valence-electron chi connectivity index (χ4n) is 2.62. The molecule has 1 aromatic heterocycles. The van der Waals surface area contributed by atoms with Gasteiger partial charge in [0.15, 0.2) is 5.13 Å². The number of aromatic nitrogens is 1. The maximum absolute atomic E-state index is 4.81. The fourth-order valence-corrected chi connectivity index (χ4v) is 3.75. The number of rotatable bonds is 4. The highest BCUT2D eigenvalue weighted by atomic mass is 32.1. The van der Waals surface area contributed by atoms with Crippen LogP contribution in [-0.4, -0.2) is 24.0 Å². The average molecular weight is 353 g/mol. The van der Waals surface area contributed by atoms with Crippen molar-refractivity contribution in [3.05, 3.63) is 53.6 Å². The monoisotopic (exact) mass is 352 g/mol. The zero-order valence-corrected chi connectivity index (χ0v) is 16.0. The SMILES string of the molecule is CCN=C(Nc1ccc(C)cc1)N(CC)c1nc2ccc(C)cc2s1. The molecule has 0 aliphatic rings. The van der Waals surface area contributed by atoms with E-state index in [1.807, 2.05) is 6.92 Å². The van der Waals surface area contributed by atoms with Gasteiger partial charge in [0.05, 0.1) is 10.2 Å². The Labute approximate surface area is 153 Å². The lowest BCUT2D eigenvalue weighted by Crippen LogP contribution is -2.36. The summed E-state index contributed by atoms with van der Waals surface area (Å²) in [5.74, 6) is 0.838. The van der Waals surface area contributed by atoms with Crippen LogP contribution >= 0.6 is 11.3 Å². The highest BCUT2D eigenvalue weighted by Crippen LogP contribution is 2.30. The number of nitrogens with one attached hydrogen (secondary N) is 1. The summed E-state index contributed by atoms with van der Waals surface area (Å²) in [6.07, 6.45) is 0. The standard InChI is InChI=1S/C20H24N4S/c1-5-21-19(22-16-10-7-14(3)8-11-16)24(6-2)20-23-17-12-9-15(4)13-18(17)25-20/h7-13H,5-6H2,1-4H3,(H,21,22). The van der Waals surface area contributed by atoms with Gasteiger partial charge < -0.3 is 5.32 Å². The lowest BCUT2D eigenvalue weighted by molar-refractivity contribution is 1.01. The van der Waals surface area contributed by atoms with E-state index in [1.54, 1.807) is 11.3 Å². The zero-order chi connectivity index (χ0) is 17.8. The van der Waals surface area contributed by atoms with E-state index < -0.39 is 0 Å².